The number of thiophene rings is 1. The standard InChI is InChI=1S/C14H17BrN2OS/c1-2-18-11-5-3-4-10(8-11)13(17-16)9-12-6-7-14(15)19-12/h3-8,13,17H,2,9,16H2,1H3. The molecule has 3 N–H and O–H groups in total. The van der Waals surface area contributed by atoms with Gasteiger partial charge in [-0.25, -0.2) is 0 Å². The van der Waals surface area contributed by atoms with Crippen LogP contribution in [0.3, 0.4) is 0 Å². The molecule has 19 heavy (non-hydrogen) atoms. The van der Waals surface area contributed by atoms with Gasteiger partial charge >= 0.3 is 0 Å². The molecule has 5 heteroatoms. The fraction of sp³-hybridized carbons (Fsp3) is 0.286. The van der Waals surface area contributed by atoms with Crippen LogP contribution in [0.25, 0.3) is 0 Å². The van der Waals surface area contributed by atoms with Gasteiger partial charge in [0.1, 0.15) is 5.75 Å². The van der Waals surface area contributed by atoms with Crippen LogP contribution >= 0.6 is 27.3 Å². The summed E-state index contributed by atoms with van der Waals surface area (Å²) < 4.78 is 6.66. The Kier molecular flexibility index (Phi) is 5.39. The van der Waals surface area contributed by atoms with Crippen LogP contribution < -0.4 is 16.0 Å². The fourth-order valence-corrected chi connectivity index (χ4v) is 3.45. The molecule has 0 saturated carbocycles. The predicted molar refractivity (Wildman–Crippen MR) is 83.4 cm³/mol. The monoisotopic (exact) mass is 340 g/mol. The molecule has 1 aromatic heterocycles. The van der Waals surface area contributed by atoms with E-state index in [-0.39, 0.29) is 6.04 Å². The maximum atomic E-state index is 5.69. The van der Waals surface area contributed by atoms with Crippen LogP contribution in [0.15, 0.2) is 40.2 Å². The Morgan fingerprint density at radius 3 is 2.84 bits per heavy atom. The maximum Gasteiger partial charge on any atom is 0.119 e. The third-order valence-electron chi connectivity index (χ3n) is 2.81. The quantitative estimate of drug-likeness (QED) is 0.623. The Balaban J connectivity index is 2.14. The number of rotatable bonds is 6. The first-order valence-corrected chi connectivity index (χ1v) is 7.77. The molecule has 0 aliphatic carbocycles. The highest BCUT2D eigenvalue weighted by atomic mass is 79.9. The van der Waals surface area contributed by atoms with Crippen LogP contribution in [0, 0.1) is 0 Å². The van der Waals surface area contributed by atoms with Crippen molar-refractivity contribution in [2.75, 3.05) is 6.61 Å². The SMILES string of the molecule is CCOc1cccc(C(Cc2ccc(Br)s2)NN)c1. The zero-order chi connectivity index (χ0) is 13.7. The van der Waals surface area contributed by atoms with Crippen molar-refractivity contribution in [2.45, 2.75) is 19.4 Å². The van der Waals surface area contributed by atoms with Crippen molar-refractivity contribution < 1.29 is 4.74 Å². The lowest BCUT2D eigenvalue weighted by molar-refractivity contribution is 0.339. The van der Waals surface area contributed by atoms with E-state index in [9.17, 15) is 0 Å². The fourth-order valence-electron chi connectivity index (χ4n) is 1.92. The molecule has 0 aliphatic heterocycles. The zero-order valence-electron chi connectivity index (χ0n) is 10.7. The number of hydrogen-bond donors (Lipinski definition) is 2. The minimum atomic E-state index is 0.0888. The summed E-state index contributed by atoms with van der Waals surface area (Å²) in [4.78, 5) is 1.29. The number of benzene rings is 1. The molecular formula is C14H17BrN2OS. The van der Waals surface area contributed by atoms with Crippen molar-refractivity contribution in [1.82, 2.24) is 5.43 Å². The van der Waals surface area contributed by atoms with Gasteiger partial charge in [-0.2, -0.15) is 0 Å². The molecule has 0 amide bonds. The Bertz CT molecular complexity index is 530. The molecule has 1 unspecified atom stereocenters. The maximum absolute atomic E-state index is 5.69. The lowest BCUT2D eigenvalue weighted by Gasteiger charge is -2.16. The molecule has 2 rings (SSSR count). The summed E-state index contributed by atoms with van der Waals surface area (Å²) in [6.07, 6.45) is 0.863. The topological polar surface area (TPSA) is 47.3 Å². The minimum absolute atomic E-state index is 0.0888. The van der Waals surface area contributed by atoms with Crippen molar-refractivity contribution >= 4 is 27.3 Å². The van der Waals surface area contributed by atoms with Gasteiger partial charge in [-0.3, -0.25) is 11.3 Å². The van der Waals surface area contributed by atoms with Crippen LogP contribution in [0.4, 0.5) is 0 Å². The molecule has 0 fully saturated rings. The van der Waals surface area contributed by atoms with Crippen LogP contribution in [-0.4, -0.2) is 6.61 Å². The zero-order valence-corrected chi connectivity index (χ0v) is 13.1. The normalized spacial score (nSPS) is 12.4. The van der Waals surface area contributed by atoms with Crippen LogP contribution in [0.2, 0.25) is 0 Å². The summed E-state index contributed by atoms with van der Waals surface area (Å²) in [6, 6.07) is 12.3. The molecule has 3 nitrogen and oxygen atoms in total. The average Bonchev–Trinajstić information content (AvgIpc) is 2.82. The summed E-state index contributed by atoms with van der Waals surface area (Å²) >= 11 is 5.21. The Morgan fingerprint density at radius 2 is 2.21 bits per heavy atom. The molecule has 0 radical (unpaired) electrons. The van der Waals surface area contributed by atoms with E-state index in [0.29, 0.717) is 6.61 Å². The van der Waals surface area contributed by atoms with Crippen LogP contribution in [0.1, 0.15) is 23.4 Å². The van der Waals surface area contributed by atoms with Gasteiger partial charge in [0.05, 0.1) is 16.4 Å². The third kappa shape index (κ3) is 4.04. The van der Waals surface area contributed by atoms with E-state index in [1.165, 1.54) is 4.88 Å². The minimum Gasteiger partial charge on any atom is -0.494 e. The summed E-state index contributed by atoms with van der Waals surface area (Å²) in [5.41, 5.74) is 4.02. The summed E-state index contributed by atoms with van der Waals surface area (Å²) in [5, 5.41) is 0. The smallest absolute Gasteiger partial charge is 0.119 e. The molecule has 1 atom stereocenters. The molecule has 0 bridgehead atoms. The Hall–Kier alpha value is -0.880. The van der Waals surface area contributed by atoms with Crippen molar-refractivity contribution in [2.24, 2.45) is 5.84 Å². The number of ether oxygens (including phenoxy) is 1. The Morgan fingerprint density at radius 1 is 1.37 bits per heavy atom. The number of nitrogens with two attached hydrogens (primary N) is 1. The van der Waals surface area contributed by atoms with E-state index in [0.717, 1.165) is 21.5 Å². The van der Waals surface area contributed by atoms with E-state index in [1.807, 2.05) is 25.1 Å². The predicted octanol–water partition coefficient (Wildman–Crippen LogP) is 3.66. The van der Waals surface area contributed by atoms with Gasteiger partial charge in [-0.15, -0.1) is 11.3 Å². The second-order valence-corrected chi connectivity index (χ2v) is 6.68. The molecule has 0 spiro atoms. The van der Waals surface area contributed by atoms with Crippen molar-refractivity contribution in [1.29, 1.82) is 0 Å². The molecule has 0 aliphatic rings. The van der Waals surface area contributed by atoms with E-state index in [1.54, 1.807) is 11.3 Å². The summed E-state index contributed by atoms with van der Waals surface area (Å²) in [7, 11) is 0. The van der Waals surface area contributed by atoms with Crippen molar-refractivity contribution in [3.8, 4) is 5.75 Å². The van der Waals surface area contributed by atoms with Crippen molar-refractivity contribution in [3.63, 3.8) is 0 Å². The van der Waals surface area contributed by atoms with Crippen molar-refractivity contribution in [3.05, 3.63) is 50.6 Å². The van der Waals surface area contributed by atoms with Gasteiger partial charge in [0.25, 0.3) is 0 Å². The summed E-state index contributed by atoms with van der Waals surface area (Å²) in [6.45, 7) is 2.65. The van der Waals surface area contributed by atoms with E-state index in [4.69, 9.17) is 10.6 Å². The highest BCUT2D eigenvalue weighted by Gasteiger charge is 2.12. The largest absolute Gasteiger partial charge is 0.494 e. The van der Waals surface area contributed by atoms with Gasteiger partial charge in [-0.1, -0.05) is 12.1 Å². The van der Waals surface area contributed by atoms with Gasteiger partial charge in [0.15, 0.2) is 0 Å². The first kappa shape index (κ1) is 14.5. The highest BCUT2D eigenvalue weighted by molar-refractivity contribution is 9.11. The van der Waals surface area contributed by atoms with Gasteiger partial charge < -0.3 is 4.74 Å². The lowest BCUT2D eigenvalue weighted by atomic mass is 10.0. The molecule has 1 aromatic carbocycles. The second-order valence-electron chi connectivity index (χ2n) is 4.13. The van der Waals surface area contributed by atoms with E-state index < -0.39 is 0 Å². The van der Waals surface area contributed by atoms with Gasteiger partial charge in [0, 0.05) is 11.3 Å². The summed E-state index contributed by atoms with van der Waals surface area (Å²) in [5.74, 6) is 6.57. The molecular weight excluding hydrogens is 324 g/mol. The van der Waals surface area contributed by atoms with Gasteiger partial charge in [0.2, 0.25) is 0 Å². The molecule has 0 saturated heterocycles. The first-order chi connectivity index (χ1) is 9.22. The number of hydrogen-bond acceptors (Lipinski definition) is 4. The number of nitrogens with one attached hydrogen (secondary N) is 1. The molecule has 2 aromatic rings. The number of halogens is 1. The lowest BCUT2D eigenvalue weighted by Crippen LogP contribution is -2.29. The van der Waals surface area contributed by atoms with Crippen LogP contribution in [-0.2, 0) is 6.42 Å². The Labute approximate surface area is 125 Å². The average molecular weight is 341 g/mol. The van der Waals surface area contributed by atoms with Crippen LogP contribution in [0.5, 0.6) is 5.75 Å². The number of hydrazine groups is 1. The third-order valence-corrected chi connectivity index (χ3v) is 4.45. The highest BCUT2D eigenvalue weighted by Crippen LogP contribution is 2.27. The van der Waals surface area contributed by atoms with Gasteiger partial charge in [-0.05, 0) is 52.7 Å². The molecule has 102 valence electrons. The van der Waals surface area contributed by atoms with E-state index >= 15 is 0 Å². The van der Waals surface area contributed by atoms with E-state index in [2.05, 4.69) is 39.6 Å². The first-order valence-electron chi connectivity index (χ1n) is 6.16. The second kappa shape index (κ2) is 7.05. The molecule has 1 heterocycles.